The monoisotopic (exact) mass is 313 g/mol. The molecule has 2 rings (SSSR count). The molecule has 1 aliphatic rings. The number of hydrogen-bond acceptors (Lipinski definition) is 4. The van der Waals surface area contributed by atoms with Crippen molar-refractivity contribution in [3.05, 3.63) is 21.9 Å². The fourth-order valence-corrected chi connectivity index (χ4v) is 4.73. The van der Waals surface area contributed by atoms with E-state index in [0.717, 1.165) is 17.7 Å². The van der Waals surface area contributed by atoms with E-state index in [0.29, 0.717) is 6.54 Å². The van der Waals surface area contributed by atoms with Crippen molar-refractivity contribution in [2.75, 3.05) is 18.8 Å². The first-order valence-electron chi connectivity index (χ1n) is 6.67. The van der Waals surface area contributed by atoms with Gasteiger partial charge in [-0.2, -0.15) is 0 Å². The summed E-state index contributed by atoms with van der Waals surface area (Å²) < 4.78 is 0. The second-order valence-corrected chi connectivity index (χ2v) is 7.52. The second-order valence-electron chi connectivity index (χ2n) is 5.31. The van der Waals surface area contributed by atoms with Crippen LogP contribution in [0.15, 0.2) is 11.4 Å². The smallest absolute Gasteiger partial charge is 0.323 e. The summed E-state index contributed by atoms with van der Waals surface area (Å²) in [6.45, 7) is 4.26. The van der Waals surface area contributed by atoms with Crippen molar-refractivity contribution >= 4 is 35.0 Å². The van der Waals surface area contributed by atoms with Crippen molar-refractivity contribution in [2.24, 2.45) is 5.92 Å². The van der Waals surface area contributed by atoms with Crippen molar-refractivity contribution in [1.82, 2.24) is 4.90 Å². The zero-order valence-corrected chi connectivity index (χ0v) is 13.3. The lowest BCUT2D eigenvalue weighted by Crippen LogP contribution is -2.41. The normalized spacial score (nSPS) is 17.9. The molecule has 110 valence electrons. The standard InChI is InChI=1S/C14H19NO3S2/c1-9(2)7-15(8-12(16)17)14(18)13-10-3-5-19-11(10)4-6-20-13/h3,5,9,13H,4,6-8H2,1-2H3,(H,16,17). The van der Waals surface area contributed by atoms with Gasteiger partial charge in [0.25, 0.3) is 0 Å². The topological polar surface area (TPSA) is 57.6 Å². The van der Waals surface area contributed by atoms with E-state index in [4.69, 9.17) is 5.11 Å². The number of carboxylic acid groups (broad SMARTS) is 1. The number of aryl methyl sites for hydroxylation is 1. The van der Waals surface area contributed by atoms with E-state index < -0.39 is 5.97 Å². The second kappa shape index (κ2) is 6.63. The molecule has 0 aromatic carbocycles. The quantitative estimate of drug-likeness (QED) is 0.908. The maximum atomic E-state index is 12.7. The van der Waals surface area contributed by atoms with Gasteiger partial charge in [-0.05, 0) is 35.1 Å². The van der Waals surface area contributed by atoms with Crippen LogP contribution in [-0.4, -0.2) is 40.7 Å². The summed E-state index contributed by atoms with van der Waals surface area (Å²) in [6.07, 6.45) is 1.00. The van der Waals surface area contributed by atoms with Crippen LogP contribution in [0.4, 0.5) is 0 Å². The SMILES string of the molecule is CC(C)CN(CC(=O)O)C(=O)C1SCCc2sccc21. The predicted molar refractivity (Wildman–Crippen MR) is 82.3 cm³/mol. The van der Waals surface area contributed by atoms with E-state index in [1.54, 1.807) is 23.1 Å². The first-order chi connectivity index (χ1) is 9.49. The molecule has 0 radical (unpaired) electrons. The summed E-state index contributed by atoms with van der Waals surface area (Å²) in [5.74, 6) is 0.164. The number of thioether (sulfide) groups is 1. The van der Waals surface area contributed by atoms with Crippen LogP contribution in [0.25, 0.3) is 0 Å². The highest BCUT2D eigenvalue weighted by Crippen LogP contribution is 2.40. The molecule has 1 N–H and O–H groups in total. The fraction of sp³-hybridized carbons (Fsp3) is 0.571. The Morgan fingerprint density at radius 1 is 1.50 bits per heavy atom. The van der Waals surface area contributed by atoms with Crippen LogP contribution in [0.2, 0.25) is 0 Å². The van der Waals surface area contributed by atoms with E-state index in [1.165, 1.54) is 9.78 Å². The first-order valence-corrected chi connectivity index (χ1v) is 8.60. The summed E-state index contributed by atoms with van der Waals surface area (Å²) in [5.41, 5.74) is 1.08. The number of carbonyl (C=O) groups is 2. The summed E-state index contributed by atoms with van der Waals surface area (Å²) in [4.78, 5) is 26.4. The molecule has 0 bridgehead atoms. The van der Waals surface area contributed by atoms with Gasteiger partial charge in [-0.15, -0.1) is 23.1 Å². The van der Waals surface area contributed by atoms with Gasteiger partial charge < -0.3 is 10.0 Å². The summed E-state index contributed by atoms with van der Waals surface area (Å²) in [5, 5.41) is 10.8. The fourth-order valence-electron chi connectivity index (χ4n) is 2.35. The molecule has 1 aromatic heterocycles. The minimum absolute atomic E-state index is 0.0644. The summed E-state index contributed by atoms with van der Waals surface area (Å²) in [7, 11) is 0. The van der Waals surface area contributed by atoms with Crippen LogP contribution < -0.4 is 0 Å². The average Bonchev–Trinajstić information content (AvgIpc) is 2.83. The molecule has 1 amide bonds. The zero-order chi connectivity index (χ0) is 14.7. The van der Waals surface area contributed by atoms with Gasteiger partial charge in [0.1, 0.15) is 11.8 Å². The highest BCUT2D eigenvalue weighted by atomic mass is 32.2. The molecule has 0 saturated carbocycles. The molecule has 0 spiro atoms. The highest BCUT2D eigenvalue weighted by molar-refractivity contribution is 8.00. The van der Waals surface area contributed by atoms with Gasteiger partial charge in [0.05, 0.1) is 0 Å². The molecule has 1 aliphatic heterocycles. The van der Waals surface area contributed by atoms with E-state index in [1.807, 2.05) is 25.3 Å². The number of amides is 1. The molecule has 4 nitrogen and oxygen atoms in total. The number of hydrogen-bond donors (Lipinski definition) is 1. The van der Waals surface area contributed by atoms with Crippen molar-refractivity contribution in [3.63, 3.8) is 0 Å². The zero-order valence-electron chi connectivity index (χ0n) is 11.7. The predicted octanol–water partition coefficient (Wildman–Crippen LogP) is 2.65. The van der Waals surface area contributed by atoms with Gasteiger partial charge in [-0.1, -0.05) is 13.8 Å². The molecule has 6 heteroatoms. The van der Waals surface area contributed by atoms with Gasteiger partial charge in [-0.25, -0.2) is 0 Å². The molecular formula is C14H19NO3S2. The molecule has 1 unspecified atom stereocenters. The largest absolute Gasteiger partial charge is 0.480 e. The molecule has 0 aliphatic carbocycles. The van der Waals surface area contributed by atoms with E-state index in [-0.39, 0.29) is 23.6 Å². The summed E-state index contributed by atoms with van der Waals surface area (Å²) >= 11 is 3.31. The van der Waals surface area contributed by atoms with Crippen LogP contribution in [0.3, 0.4) is 0 Å². The van der Waals surface area contributed by atoms with Gasteiger partial charge in [0.15, 0.2) is 0 Å². The van der Waals surface area contributed by atoms with Crippen LogP contribution >= 0.6 is 23.1 Å². The Labute approximate surface area is 127 Å². The molecule has 0 fully saturated rings. The number of carbonyl (C=O) groups excluding carboxylic acids is 1. The third kappa shape index (κ3) is 3.55. The van der Waals surface area contributed by atoms with Crippen LogP contribution in [-0.2, 0) is 16.0 Å². The van der Waals surface area contributed by atoms with Crippen LogP contribution in [0.5, 0.6) is 0 Å². The molecule has 0 saturated heterocycles. The number of fused-ring (bicyclic) bond motifs is 1. The van der Waals surface area contributed by atoms with Crippen LogP contribution in [0.1, 0.15) is 29.5 Å². The number of aliphatic carboxylic acids is 1. The highest BCUT2D eigenvalue weighted by Gasteiger charge is 2.32. The lowest BCUT2D eigenvalue weighted by Gasteiger charge is -2.29. The Morgan fingerprint density at radius 2 is 2.25 bits per heavy atom. The third-order valence-electron chi connectivity index (χ3n) is 3.12. The van der Waals surface area contributed by atoms with Gasteiger partial charge >= 0.3 is 5.97 Å². The molecule has 20 heavy (non-hydrogen) atoms. The lowest BCUT2D eigenvalue weighted by atomic mass is 10.1. The van der Waals surface area contributed by atoms with E-state index in [9.17, 15) is 9.59 Å². The average molecular weight is 313 g/mol. The van der Waals surface area contributed by atoms with Crippen molar-refractivity contribution < 1.29 is 14.7 Å². The first kappa shape index (κ1) is 15.4. The van der Waals surface area contributed by atoms with Gasteiger partial charge in [-0.3, -0.25) is 9.59 Å². The molecule has 1 aromatic rings. The molecule has 1 atom stereocenters. The van der Waals surface area contributed by atoms with E-state index >= 15 is 0 Å². The number of rotatable bonds is 5. The van der Waals surface area contributed by atoms with Crippen LogP contribution in [0, 0.1) is 5.92 Å². The third-order valence-corrected chi connectivity index (χ3v) is 5.35. The van der Waals surface area contributed by atoms with Crippen molar-refractivity contribution in [1.29, 1.82) is 0 Å². The van der Waals surface area contributed by atoms with Gasteiger partial charge in [0.2, 0.25) is 5.91 Å². The van der Waals surface area contributed by atoms with Gasteiger partial charge in [0, 0.05) is 11.4 Å². The van der Waals surface area contributed by atoms with E-state index in [2.05, 4.69) is 0 Å². The minimum atomic E-state index is -0.953. The maximum absolute atomic E-state index is 12.7. The lowest BCUT2D eigenvalue weighted by molar-refractivity contribution is -0.144. The number of carboxylic acids is 1. The Kier molecular flexibility index (Phi) is 5.10. The summed E-state index contributed by atoms with van der Waals surface area (Å²) in [6, 6.07) is 2.00. The Hall–Kier alpha value is -1.01. The Balaban J connectivity index is 2.18. The molecular weight excluding hydrogens is 294 g/mol. The number of nitrogens with zero attached hydrogens (tertiary/aromatic N) is 1. The minimum Gasteiger partial charge on any atom is -0.480 e. The Morgan fingerprint density at radius 3 is 2.90 bits per heavy atom. The van der Waals surface area contributed by atoms with Crippen molar-refractivity contribution in [3.8, 4) is 0 Å². The molecule has 2 heterocycles. The Bertz CT molecular complexity index is 498. The maximum Gasteiger partial charge on any atom is 0.323 e. The number of thiophene rings is 1. The van der Waals surface area contributed by atoms with Crippen molar-refractivity contribution in [2.45, 2.75) is 25.5 Å².